The number of nitrogens with zero attached hydrogens (tertiary/aromatic N) is 2. The lowest BCUT2D eigenvalue weighted by atomic mass is 9.92. The van der Waals surface area contributed by atoms with E-state index in [1.54, 1.807) is 0 Å². The van der Waals surface area contributed by atoms with Gasteiger partial charge in [-0.15, -0.1) is 0 Å². The first kappa shape index (κ1) is 11.5. The van der Waals surface area contributed by atoms with Crippen molar-refractivity contribution in [3.8, 4) is 0 Å². The Labute approximate surface area is 98.3 Å². The molecule has 1 atom stereocenters. The molecule has 0 amide bonds. The number of aromatic nitrogens is 2. The molecule has 0 radical (unpaired) electrons. The zero-order chi connectivity index (χ0) is 11.8. The van der Waals surface area contributed by atoms with Crippen molar-refractivity contribution in [2.45, 2.75) is 53.0 Å². The number of nitrogens with one attached hydrogen (secondary N) is 1. The van der Waals surface area contributed by atoms with E-state index in [9.17, 15) is 0 Å². The summed E-state index contributed by atoms with van der Waals surface area (Å²) in [6.07, 6.45) is 6.05. The lowest BCUT2D eigenvalue weighted by molar-refractivity contribution is 0.359. The Morgan fingerprint density at radius 3 is 2.88 bits per heavy atom. The second-order valence-corrected chi connectivity index (χ2v) is 5.70. The van der Waals surface area contributed by atoms with Gasteiger partial charge >= 0.3 is 0 Å². The quantitative estimate of drug-likeness (QED) is 0.848. The molecule has 1 fully saturated rings. The van der Waals surface area contributed by atoms with Gasteiger partial charge in [0, 0.05) is 18.8 Å². The van der Waals surface area contributed by atoms with Crippen LogP contribution in [0.4, 0.5) is 5.95 Å². The van der Waals surface area contributed by atoms with Gasteiger partial charge < -0.3 is 9.88 Å². The topological polar surface area (TPSA) is 29.9 Å². The summed E-state index contributed by atoms with van der Waals surface area (Å²) in [5.74, 6) is 1.04. The fraction of sp³-hybridized carbons (Fsp3) is 0.769. The standard InChI is InChI=1S/C13H23N3/c1-5-14-12-15-10(2)9-16(12)11-6-7-13(3,4)8-11/h9,11H,5-8H2,1-4H3,(H,14,15). The smallest absolute Gasteiger partial charge is 0.203 e. The van der Waals surface area contributed by atoms with Crippen LogP contribution in [0.15, 0.2) is 6.20 Å². The Morgan fingerprint density at radius 2 is 2.31 bits per heavy atom. The van der Waals surface area contributed by atoms with E-state index in [4.69, 9.17) is 0 Å². The highest BCUT2D eigenvalue weighted by molar-refractivity contribution is 5.29. The highest BCUT2D eigenvalue weighted by Crippen LogP contribution is 2.44. The maximum atomic E-state index is 4.54. The summed E-state index contributed by atoms with van der Waals surface area (Å²) in [6, 6.07) is 0.630. The molecule has 2 rings (SSSR count). The lowest BCUT2D eigenvalue weighted by Crippen LogP contribution is -2.12. The monoisotopic (exact) mass is 221 g/mol. The third kappa shape index (κ3) is 2.23. The van der Waals surface area contributed by atoms with E-state index in [0.717, 1.165) is 18.2 Å². The molecule has 0 spiro atoms. The minimum atomic E-state index is 0.492. The molecule has 1 heterocycles. The molecule has 1 aromatic rings. The normalized spacial score (nSPS) is 23.6. The van der Waals surface area contributed by atoms with Crippen LogP contribution in [0, 0.1) is 12.3 Å². The van der Waals surface area contributed by atoms with Crippen LogP contribution >= 0.6 is 0 Å². The van der Waals surface area contributed by atoms with Crippen molar-refractivity contribution in [3.05, 3.63) is 11.9 Å². The van der Waals surface area contributed by atoms with Gasteiger partial charge in [-0.25, -0.2) is 4.98 Å². The second kappa shape index (κ2) is 4.11. The Morgan fingerprint density at radius 1 is 1.56 bits per heavy atom. The summed E-state index contributed by atoms with van der Waals surface area (Å²) >= 11 is 0. The third-order valence-corrected chi connectivity index (χ3v) is 3.52. The number of hydrogen-bond acceptors (Lipinski definition) is 2. The molecule has 90 valence electrons. The minimum Gasteiger partial charge on any atom is -0.356 e. The Hall–Kier alpha value is -0.990. The van der Waals surface area contributed by atoms with Crippen LogP contribution in [-0.2, 0) is 0 Å². The van der Waals surface area contributed by atoms with Gasteiger partial charge in [0.25, 0.3) is 0 Å². The first-order valence-corrected chi connectivity index (χ1v) is 6.31. The highest BCUT2D eigenvalue weighted by Gasteiger charge is 2.32. The van der Waals surface area contributed by atoms with E-state index in [-0.39, 0.29) is 0 Å². The van der Waals surface area contributed by atoms with Crippen molar-refractivity contribution < 1.29 is 0 Å². The third-order valence-electron chi connectivity index (χ3n) is 3.52. The van der Waals surface area contributed by atoms with Crippen LogP contribution in [0.25, 0.3) is 0 Å². The van der Waals surface area contributed by atoms with Crippen molar-refractivity contribution in [2.75, 3.05) is 11.9 Å². The van der Waals surface area contributed by atoms with E-state index in [1.165, 1.54) is 19.3 Å². The SMILES string of the molecule is CCNc1nc(C)cn1C1CCC(C)(C)C1. The molecule has 3 heteroatoms. The molecule has 1 saturated carbocycles. The molecule has 16 heavy (non-hydrogen) atoms. The van der Waals surface area contributed by atoms with Crippen molar-refractivity contribution in [2.24, 2.45) is 5.41 Å². The van der Waals surface area contributed by atoms with Gasteiger partial charge in [-0.3, -0.25) is 0 Å². The van der Waals surface area contributed by atoms with Crippen LogP contribution in [0.3, 0.4) is 0 Å². The number of rotatable bonds is 3. The zero-order valence-corrected chi connectivity index (χ0v) is 10.9. The first-order valence-electron chi connectivity index (χ1n) is 6.31. The number of imidazole rings is 1. The molecule has 0 bridgehead atoms. The maximum Gasteiger partial charge on any atom is 0.203 e. The van der Waals surface area contributed by atoms with Gasteiger partial charge in [-0.2, -0.15) is 0 Å². The summed E-state index contributed by atoms with van der Waals surface area (Å²) in [5, 5.41) is 3.35. The number of hydrogen-bond donors (Lipinski definition) is 1. The van der Waals surface area contributed by atoms with Gasteiger partial charge in [-0.05, 0) is 38.5 Å². The molecule has 0 saturated heterocycles. The van der Waals surface area contributed by atoms with Crippen molar-refractivity contribution >= 4 is 5.95 Å². The summed E-state index contributed by atoms with van der Waals surface area (Å²) in [6.45, 7) is 9.85. The summed E-state index contributed by atoms with van der Waals surface area (Å²) in [4.78, 5) is 4.54. The van der Waals surface area contributed by atoms with E-state index in [0.29, 0.717) is 11.5 Å². The molecule has 1 aromatic heterocycles. The predicted molar refractivity (Wildman–Crippen MR) is 67.8 cm³/mol. The molecule has 1 N–H and O–H groups in total. The van der Waals surface area contributed by atoms with E-state index < -0.39 is 0 Å². The number of anilines is 1. The lowest BCUT2D eigenvalue weighted by Gasteiger charge is -2.19. The van der Waals surface area contributed by atoms with Crippen molar-refractivity contribution in [1.82, 2.24) is 9.55 Å². The van der Waals surface area contributed by atoms with Gasteiger partial charge in [0.2, 0.25) is 5.95 Å². The van der Waals surface area contributed by atoms with Gasteiger partial charge in [0.15, 0.2) is 0 Å². The largest absolute Gasteiger partial charge is 0.356 e. The van der Waals surface area contributed by atoms with Crippen LogP contribution in [0.5, 0.6) is 0 Å². The molecule has 1 unspecified atom stereocenters. The van der Waals surface area contributed by atoms with E-state index in [2.05, 4.69) is 48.8 Å². The molecular formula is C13H23N3. The Balaban J connectivity index is 2.20. The average molecular weight is 221 g/mol. The summed E-state index contributed by atoms with van der Waals surface area (Å²) in [7, 11) is 0. The van der Waals surface area contributed by atoms with Crippen LogP contribution in [0.2, 0.25) is 0 Å². The maximum absolute atomic E-state index is 4.54. The average Bonchev–Trinajstić information content (AvgIpc) is 2.70. The van der Waals surface area contributed by atoms with E-state index >= 15 is 0 Å². The second-order valence-electron chi connectivity index (χ2n) is 5.70. The number of aryl methyl sites for hydroxylation is 1. The minimum absolute atomic E-state index is 0.492. The highest BCUT2D eigenvalue weighted by atomic mass is 15.2. The van der Waals surface area contributed by atoms with Crippen LogP contribution in [0.1, 0.15) is 51.8 Å². The summed E-state index contributed by atoms with van der Waals surface area (Å²) < 4.78 is 2.34. The van der Waals surface area contributed by atoms with Gasteiger partial charge in [0.05, 0.1) is 5.69 Å². The Bertz CT molecular complexity index is 365. The Kier molecular flexibility index (Phi) is 2.96. The molecule has 1 aliphatic rings. The fourth-order valence-electron chi connectivity index (χ4n) is 2.72. The molecular weight excluding hydrogens is 198 g/mol. The van der Waals surface area contributed by atoms with Crippen molar-refractivity contribution in [3.63, 3.8) is 0 Å². The first-order chi connectivity index (χ1) is 7.52. The van der Waals surface area contributed by atoms with E-state index in [1.807, 2.05) is 0 Å². The van der Waals surface area contributed by atoms with Gasteiger partial charge in [0.1, 0.15) is 0 Å². The zero-order valence-electron chi connectivity index (χ0n) is 10.9. The summed E-state index contributed by atoms with van der Waals surface area (Å²) in [5.41, 5.74) is 1.60. The molecule has 0 aliphatic heterocycles. The van der Waals surface area contributed by atoms with Crippen LogP contribution < -0.4 is 5.32 Å². The molecule has 3 nitrogen and oxygen atoms in total. The molecule has 1 aliphatic carbocycles. The molecule has 0 aromatic carbocycles. The predicted octanol–water partition coefficient (Wildman–Crippen LogP) is 3.37. The van der Waals surface area contributed by atoms with Crippen molar-refractivity contribution in [1.29, 1.82) is 0 Å². The fourth-order valence-corrected chi connectivity index (χ4v) is 2.72. The van der Waals surface area contributed by atoms with Gasteiger partial charge in [-0.1, -0.05) is 13.8 Å². The van der Waals surface area contributed by atoms with Crippen LogP contribution in [-0.4, -0.2) is 16.1 Å².